The van der Waals surface area contributed by atoms with E-state index in [2.05, 4.69) is 0 Å². The second-order valence-electron chi connectivity index (χ2n) is 5.63. The summed E-state index contributed by atoms with van der Waals surface area (Å²) in [7, 11) is 0. The number of alkyl halides is 5. The zero-order valence-electron chi connectivity index (χ0n) is 12.4. The number of hydrogen-bond acceptors (Lipinski definition) is 0. The van der Waals surface area contributed by atoms with E-state index in [-0.39, 0.29) is 26.9 Å². The van der Waals surface area contributed by atoms with E-state index in [1.807, 2.05) is 13.8 Å². The molecule has 0 saturated heterocycles. The maximum absolute atomic E-state index is 6.31. The summed E-state index contributed by atoms with van der Waals surface area (Å²) in [5.41, 5.74) is 0. The van der Waals surface area contributed by atoms with Crippen LogP contribution in [0.2, 0.25) is 0 Å². The van der Waals surface area contributed by atoms with Crippen molar-refractivity contribution < 1.29 is 0 Å². The molecule has 0 aromatic carbocycles. The van der Waals surface area contributed by atoms with Crippen LogP contribution in [-0.4, -0.2) is 26.9 Å². The fourth-order valence-corrected chi connectivity index (χ4v) is 3.08. The van der Waals surface area contributed by atoms with Gasteiger partial charge in [0.05, 0.1) is 0 Å². The second-order valence-corrected chi connectivity index (χ2v) is 8.86. The van der Waals surface area contributed by atoms with E-state index in [9.17, 15) is 0 Å². The van der Waals surface area contributed by atoms with Gasteiger partial charge >= 0.3 is 0 Å². The zero-order valence-corrected chi connectivity index (χ0v) is 16.2. The van der Waals surface area contributed by atoms with Gasteiger partial charge in [-0.05, 0) is 52.4 Å². The summed E-state index contributed by atoms with van der Waals surface area (Å²) in [6.07, 6.45) is 7.92. The third kappa shape index (κ3) is 13.1. The third-order valence-electron chi connectivity index (χ3n) is 3.36. The minimum absolute atomic E-state index is 0.0155. The molecule has 0 bridgehead atoms. The van der Waals surface area contributed by atoms with Gasteiger partial charge in [0.1, 0.15) is 0 Å². The van der Waals surface area contributed by atoms with Gasteiger partial charge in [-0.3, -0.25) is 0 Å². The highest BCUT2D eigenvalue weighted by molar-refractivity contribution is 6.30. The first kappa shape index (κ1) is 21.4. The van der Waals surface area contributed by atoms with E-state index in [1.165, 1.54) is 0 Å². The van der Waals surface area contributed by atoms with Crippen molar-refractivity contribution in [3.8, 4) is 0 Å². The van der Waals surface area contributed by atoms with Crippen LogP contribution in [0.4, 0.5) is 0 Å². The smallest absolute Gasteiger partial charge is 0.0500 e. The quantitative estimate of drug-likeness (QED) is 0.247. The Morgan fingerprint density at radius 3 is 1.55 bits per heavy atom. The molecule has 0 aliphatic heterocycles. The van der Waals surface area contributed by atoms with Gasteiger partial charge < -0.3 is 0 Å². The first-order valence-electron chi connectivity index (χ1n) is 7.53. The molecular formula is C15H27Cl5. The fraction of sp³-hybridized carbons (Fsp3) is 1.00. The summed E-state index contributed by atoms with van der Waals surface area (Å²) in [5.74, 6) is 0. The summed E-state index contributed by atoms with van der Waals surface area (Å²) in [6.45, 7) is 3.99. The van der Waals surface area contributed by atoms with E-state index < -0.39 is 0 Å². The van der Waals surface area contributed by atoms with Crippen LogP contribution in [0.25, 0.3) is 0 Å². The molecule has 5 heteroatoms. The lowest BCUT2D eigenvalue weighted by atomic mass is 10.0. The first-order valence-corrected chi connectivity index (χ1v) is 9.71. The monoisotopic (exact) mass is 382 g/mol. The van der Waals surface area contributed by atoms with E-state index >= 15 is 0 Å². The Hall–Kier alpha value is 1.45. The molecule has 0 heterocycles. The van der Waals surface area contributed by atoms with Crippen LogP contribution in [0.1, 0.15) is 65.2 Å². The third-order valence-corrected chi connectivity index (χ3v) is 5.40. The normalized spacial score (nSPS) is 19.4. The summed E-state index contributed by atoms with van der Waals surface area (Å²) < 4.78 is 0. The van der Waals surface area contributed by atoms with Crippen LogP contribution in [0, 0.1) is 0 Å². The fourth-order valence-electron chi connectivity index (χ4n) is 2.01. The summed E-state index contributed by atoms with van der Waals surface area (Å²) in [6, 6.07) is 0. The molecule has 0 spiro atoms. The van der Waals surface area contributed by atoms with Crippen molar-refractivity contribution in [3.05, 3.63) is 0 Å². The number of halogens is 5. The molecule has 0 aliphatic carbocycles. The molecule has 0 nitrogen and oxygen atoms in total. The molecule has 0 aromatic rings. The zero-order chi connectivity index (χ0) is 15.5. The van der Waals surface area contributed by atoms with E-state index in [1.54, 1.807) is 0 Å². The Bertz CT molecular complexity index is 220. The van der Waals surface area contributed by atoms with Gasteiger partial charge in [0.2, 0.25) is 0 Å². The van der Waals surface area contributed by atoms with Crippen molar-refractivity contribution in [1.29, 1.82) is 0 Å². The highest BCUT2D eigenvalue weighted by atomic mass is 35.5. The van der Waals surface area contributed by atoms with Crippen molar-refractivity contribution in [1.82, 2.24) is 0 Å². The standard InChI is InChI=1S/C15H27Cl5/c1-11(16)7-9-13(18)5-3-4-6-14(19)15(20)10-8-12(2)17/h11-15H,3-10H2,1-2H3. The Labute approximate surface area is 149 Å². The van der Waals surface area contributed by atoms with Gasteiger partial charge in [0.25, 0.3) is 0 Å². The van der Waals surface area contributed by atoms with Crippen molar-refractivity contribution in [3.63, 3.8) is 0 Å². The molecule has 0 aliphatic rings. The molecule has 0 fully saturated rings. The summed E-state index contributed by atoms with van der Waals surface area (Å²) >= 11 is 30.7. The van der Waals surface area contributed by atoms with Crippen molar-refractivity contribution in [2.75, 3.05) is 0 Å². The Morgan fingerprint density at radius 2 is 1.00 bits per heavy atom. The van der Waals surface area contributed by atoms with Gasteiger partial charge in [-0.15, -0.1) is 58.0 Å². The van der Waals surface area contributed by atoms with E-state index in [0.717, 1.165) is 51.4 Å². The SMILES string of the molecule is CC(Cl)CCC(Cl)CCCCC(Cl)C(Cl)CCC(C)Cl. The lowest BCUT2D eigenvalue weighted by Gasteiger charge is -2.17. The molecule has 20 heavy (non-hydrogen) atoms. The van der Waals surface area contributed by atoms with Gasteiger partial charge in [0.15, 0.2) is 0 Å². The van der Waals surface area contributed by atoms with Crippen LogP contribution < -0.4 is 0 Å². The minimum atomic E-state index is 0.0155. The van der Waals surface area contributed by atoms with Crippen molar-refractivity contribution in [2.24, 2.45) is 0 Å². The summed E-state index contributed by atoms with van der Waals surface area (Å²) in [4.78, 5) is 0. The van der Waals surface area contributed by atoms with Gasteiger partial charge in [0, 0.05) is 26.9 Å². The number of unbranched alkanes of at least 4 members (excludes halogenated alkanes) is 1. The largest absolute Gasteiger partial charge is 0.123 e. The molecule has 0 N–H and O–H groups in total. The minimum Gasteiger partial charge on any atom is -0.123 e. The maximum atomic E-state index is 6.31. The lowest BCUT2D eigenvalue weighted by Crippen LogP contribution is -2.16. The van der Waals surface area contributed by atoms with Gasteiger partial charge in [-0.2, -0.15) is 0 Å². The molecule has 0 amide bonds. The topological polar surface area (TPSA) is 0 Å². The van der Waals surface area contributed by atoms with Crippen molar-refractivity contribution >= 4 is 58.0 Å². The highest BCUT2D eigenvalue weighted by Crippen LogP contribution is 2.24. The highest BCUT2D eigenvalue weighted by Gasteiger charge is 2.17. The molecule has 0 rings (SSSR count). The van der Waals surface area contributed by atoms with Crippen LogP contribution in [0.3, 0.4) is 0 Å². The van der Waals surface area contributed by atoms with Gasteiger partial charge in [-0.1, -0.05) is 12.8 Å². The van der Waals surface area contributed by atoms with Crippen LogP contribution >= 0.6 is 58.0 Å². The predicted octanol–water partition coefficient (Wildman–Crippen LogP) is 7.18. The average molecular weight is 385 g/mol. The Morgan fingerprint density at radius 1 is 0.550 bits per heavy atom. The van der Waals surface area contributed by atoms with Gasteiger partial charge in [-0.25, -0.2) is 0 Å². The lowest BCUT2D eigenvalue weighted by molar-refractivity contribution is 0.555. The Kier molecular flexibility index (Phi) is 13.9. The first-order chi connectivity index (χ1) is 9.32. The van der Waals surface area contributed by atoms with E-state index in [0.29, 0.717) is 0 Å². The molecule has 0 aromatic heterocycles. The second kappa shape index (κ2) is 12.9. The maximum Gasteiger partial charge on any atom is 0.0500 e. The number of rotatable bonds is 12. The molecule has 5 atom stereocenters. The average Bonchev–Trinajstić information content (AvgIpc) is 2.38. The van der Waals surface area contributed by atoms with E-state index in [4.69, 9.17) is 58.0 Å². The van der Waals surface area contributed by atoms with Crippen LogP contribution in [0.5, 0.6) is 0 Å². The van der Waals surface area contributed by atoms with Crippen LogP contribution in [-0.2, 0) is 0 Å². The van der Waals surface area contributed by atoms with Crippen molar-refractivity contribution in [2.45, 2.75) is 92.1 Å². The molecule has 5 unspecified atom stereocenters. The predicted molar refractivity (Wildman–Crippen MR) is 96.5 cm³/mol. The summed E-state index contributed by atoms with van der Waals surface area (Å²) in [5, 5.41) is 0.658. The number of hydrogen-bond donors (Lipinski definition) is 0. The molecule has 0 radical (unpaired) electrons. The molecule has 0 saturated carbocycles. The Balaban J connectivity index is 3.57. The van der Waals surface area contributed by atoms with Crippen LogP contribution in [0.15, 0.2) is 0 Å². The molecular weight excluding hydrogens is 357 g/mol. The molecule has 122 valence electrons.